The number of rotatable bonds is 7. The molecule has 116 valence electrons. The molecule has 0 radical (unpaired) electrons. The lowest BCUT2D eigenvalue weighted by molar-refractivity contribution is 0.0535. The molecule has 0 unspecified atom stereocenters. The number of nitrogens with zero attached hydrogens (tertiary/aromatic N) is 1. The molecule has 1 N–H and O–H groups in total. The zero-order valence-electron chi connectivity index (χ0n) is 13.0. The smallest absolute Gasteiger partial charge is 0.122 e. The van der Waals surface area contributed by atoms with E-state index < -0.39 is 6.10 Å². The Balaban J connectivity index is 1.80. The Morgan fingerprint density at radius 3 is 3.05 bits per heavy atom. The Morgan fingerprint density at radius 1 is 1.48 bits per heavy atom. The summed E-state index contributed by atoms with van der Waals surface area (Å²) in [5.74, 6) is 1.59. The summed E-state index contributed by atoms with van der Waals surface area (Å²) in [5.41, 5.74) is 1.12. The molecule has 1 aliphatic rings. The molecule has 3 heteroatoms. The third-order valence-corrected chi connectivity index (χ3v) is 3.98. The molecule has 1 fully saturated rings. The standard InChI is InChI=1S/C18H27NO2/c1-3-7-16-9-4-5-10-18(16)21-14-17(20)13-19-11-6-8-15(2)12-19/h3-5,9-10,15,17,20H,1,6-8,11-14H2,2H3/t15-,17-/m1/s1. The maximum absolute atomic E-state index is 10.2. The first-order valence-electron chi connectivity index (χ1n) is 7.91. The van der Waals surface area contributed by atoms with Gasteiger partial charge in [-0.05, 0) is 43.4 Å². The van der Waals surface area contributed by atoms with Gasteiger partial charge in [0.15, 0.2) is 0 Å². The third kappa shape index (κ3) is 5.18. The van der Waals surface area contributed by atoms with Gasteiger partial charge in [0.1, 0.15) is 18.5 Å². The first-order valence-corrected chi connectivity index (χ1v) is 7.91. The Kier molecular flexibility index (Phi) is 6.27. The molecule has 21 heavy (non-hydrogen) atoms. The number of ether oxygens (including phenoxy) is 1. The molecule has 1 aromatic carbocycles. The molecule has 3 nitrogen and oxygen atoms in total. The van der Waals surface area contributed by atoms with Gasteiger partial charge in [0.25, 0.3) is 0 Å². The molecule has 0 bridgehead atoms. The number of aliphatic hydroxyl groups excluding tert-OH is 1. The maximum atomic E-state index is 10.2. The van der Waals surface area contributed by atoms with Crippen LogP contribution in [0.3, 0.4) is 0 Å². The SMILES string of the molecule is C=CCc1ccccc1OC[C@H](O)CN1CCC[C@@H](C)C1. The molecular weight excluding hydrogens is 262 g/mol. The van der Waals surface area contributed by atoms with E-state index in [0.29, 0.717) is 13.2 Å². The fraction of sp³-hybridized carbons (Fsp3) is 0.556. The third-order valence-electron chi connectivity index (χ3n) is 3.98. The number of hydrogen-bond acceptors (Lipinski definition) is 3. The van der Waals surface area contributed by atoms with Gasteiger partial charge >= 0.3 is 0 Å². The van der Waals surface area contributed by atoms with Crippen molar-refractivity contribution in [2.24, 2.45) is 5.92 Å². The molecule has 1 aromatic rings. The van der Waals surface area contributed by atoms with Gasteiger partial charge in [0, 0.05) is 13.1 Å². The van der Waals surface area contributed by atoms with Crippen molar-refractivity contribution in [3.8, 4) is 5.75 Å². The van der Waals surface area contributed by atoms with Gasteiger partial charge in [0.05, 0.1) is 0 Å². The lowest BCUT2D eigenvalue weighted by atomic mass is 10.0. The number of likely N-dealkylation sites (tertiary alicyclic amines) is 1. The highest BCUT2D eigenvalue weighted by Crippen LogP contribution is 2.19. The summed E-state index contributed by atoms with van der Waals surface area (Å²) in [6.07, 6.45) is 4.76. The predicted octanol–water partition coefficient (Wildman–Crippen LogP) is 2.89. The zero-order valence-corrected chi connectivity index (χ0v) is 13.0. The monoisotopic (exact) mass is 289 g/mol. The van der Waals surface area contributed by atoms with Crippen molar-refractivity contribution >= 4 is 0 Å². The van der Waals surface area contributed by atoms with Crippen molar-refractivity contribution in [3.05, 3.63) is 42.5 Å². The van der Waals surface area contributed by atoms with E-state index in [1.54, 1.807) is 0 Å². The van der Waals surface area contributed by atoms with Crippen molar-refractivity contribution in [1.29, 1.82) is 0 Å². The molecule has 2 rings (SSSR count). The van der Waals surface area contributed by atoms with Crippen LogP contribution in [0.5, 0.6) is 5.75 Å². The van der Waals surface area contributed by atoms with Crippen molar-refractivity contribution < 1.29 is 9.84 Å². The van der Waals surface area contributed by atoms with E-state index in [0.717, 1.165) is 36.7 Å². The summed E-state index contributed by atoms with van der Waals surface area (Å²) in [6.45, 7) is 9.27. The predicted molar refractivity (Wildman–Crippen MR) is 86.7 cm³/mol. The van der Waals surface area contributed by atoms with E-state index in [4.69, 9.17) is 4.74 Å². The lowest BCUT2D eigenvalue weighted by Gasteiger charge is -2.32. The number of piperidine rings is 1. The van der Waals surface area contributed by atoms with Crippen LogP contribution in [0.25, 0.3) is 0 Å². The lowest BCUT2D eigenvalue weighted by Crippen LogP contribution is -2.41. The molecule has 0 spiro atoms. The number of β-amino-alcohol motifs (C(OH)–C–C–N with tert-alkyl or cyclic N) is 1. The van der Waals surface area contributed by atoms with Crippen LogP contribution in [0.1, 0.15) is 25.3 Å². The topological polar surface area (TPSA) is 32.7 Å². The number of para-hydroxylation sites is 1. The first kappa shape index (κ1) is 16.1. The normalized spacial score (nSPS) is 21.0. The Labute approximate surface area is 128 Å². The van der Waals surface area contributed by atoms with Crippen LogP contribution in [-0.2, 0) is 6.42 Å². The quantitative estimate of drug-likeness (QED) is 0.784. The fourth-order valence-electron chi connectivity index (χ4n) is 2.96. The molecule has 1 aliphatic heterocycles. The number of benzene rings is 1. The van der Waals surface area contributed by atoms with Crippen LogP contribution in [0.15, 0.2) is 36.9 Å². The van der Waals surface area contributed by atoms with Gasteiger partial charge in [-0.2, -0.15) is 0 Å². The minimum absolute atomic E-state index is 0.346. The van der Waals surface area contributed by atoms with E-state index in [1.807, 2.05) is 30.3 Å². The van der Waals surface area contributed by atoms with Crippen LogP contribution in [0.2, 0.25) is 0 Å². The minimum atomic E-state index is -0.438. The van der Waals surface area contributed by atoms with Crippen molar-refractivity contribution in [2.45, 2.75) is 32.3 Å². The molecule has 0 amide bonds. The summed E-state index contributed by atoms with van der Waals surface area (Å²) < 4.78 is 5.80. The maximum Gasteiger partial charge on any atom is 0.122 e. The Hall–Kier alpha value is -1.32. The number of allylic oxidation sites excluding steroid dienone is 1. The summed E-state index contributed by atoms with van der Waals surface area (Å²) in [7, 11) is 0. The molecule has 2 atom stereocenters. The zero-order chi connectivity index (χ0) is 15.1. The average molecular weight is 289 g/mol. The molecule has 0 saturated carbocycles. The molecule has 0 aromatic heterocycles. The second-order valence-electron chi connectivity index (χ2n) is 6.07. The Bertz CT molecular complexity index is 447. The second-order valence-corrected chi connectivity index (χ2v) is 6.07. The van der Waals surface area contributed by atoms with E-state index >= 15 is 0 Å². The number of aliphatic hydroxyl groups is 1. The van der Waals surface area contributed by atoms with E-state index in [9.17, 15) is 5.11 Å². The summed E-state index contributed by atoms with van der Waals surface area (Å²) in [4.78, 5) is 2.35. The van der Waals surface area contributed by atoms with Gasteiger partial charge in [0.2, 0.25) is 0 Å². The van der Waals surface area contributed by atoms with Crippen molar-refractivity contribution in [3.63, 3.8) is 0 Å². The molecule has 1 heterocycles. The van der Waals surface area contributed by atoms with Crippen LogP contribution in [-0.4, -0.2) is 42.4 Å². The van der Waals surface area contributed by atoms with E-state index in [-0.39, 0.29) is 0 Å². The van der Waals surface area contributed by atoms with Crippen LogP contribution < -0.4 is 4.74 Å². The average Bonchev–Trinajstić information content (AvgIpc) is 2.47. The summed E-state index contributed by atoms with van der Waals surface area (Å²) in [6, 6.07) is 7.95. The van der Waals surface area contributed by atoms with Crippen LogP contribution in [0.4, 0.5) is 0 Å². The van der Waals surface area contributed by atoms with Gasteiger partial charge in [-0.25, -0.2) is 0 Å². The molecule has 0 aliphatic carbocycles. The highest BCUT2D eigenvalue weighted by atomic mass is 16.5. The van der Waals surface area contributed by atoms with Gasteiger partial charge in [-0.15, -0.1) is 6.58 Å². The largest absolute Gasteiger partial charge is 0.491 e. The Morgan fingerprint density at radius 2 is 2.29 bits per heavy atom. The van der Waals surface area contributed by atoms with Gasteiger partial charge in [-0.1, -0.05) is 31.2 Å². The summed E-state index contributed by atoms with van der Waals surface area (Å²) in [5, 5.41) is 10.2. The fourth-order valence-corrected chi connectivity index (χ4v) is 2.96. The van der Waals surface area contributed by atoms with Gasteiger partial charge in [-0.3, -0.25) is 0 Å². The first-order chi connectivity index (χ1) is 10.2. The second kappa shape index (κ2) is 8.20. The van der Waals surface area contributed by atoms with E-state index in [1.165, 1.54) is 12.8 Å². The van der Waals surface area contributed by atoms with Crippen LogP contribution >= 0.6 is 0 Å². The van der Waals surface area contributed by atoms with Crippen molar-refractivity contribution in [2.75, 3.05) is 26.2 Å². The highest BCUT2D eigenvalue weighted by Gasteiger charge is 2.19. The van der Waals surface area contributed by atoms with Crippen LogP contribution in [0, 0.1) is 5.92 Å². The van der Waals surface area contributed by atoms with Crippen molar-refractivity contribution in [1.82, 2.24) is 4.90 Å². The van der Waals surface area contributed by atoms with E-state index in [2.05, 4.69) is 18.4 Å². The minimum Gasteiger partial charge on any atom is -0.491 e. The molecule has 1 saturated heterocycles. The van der Waals surface area contributed by atoms with Gasteiger partial charge < -0.3 is 14.7 Å². The number of hydrogen-bond donors (Lipinski definition) is 1. The highest BCUT2D eigenvalue weighted by molar-refractivity contribution is 5.34. The molecular formula is C18H27NO2. The summed E-state index contributed by atoms with van der Waals surface area (Å²) >= 11 is 0.